The van der Waals surface area contributed by atoms with E-state index in [9.17, 15) is 18.3 Å². The lowest BCUT2D eigenvalue weighted by Gasteiger charge is -2.17. The third-order valence-electron chi connectivity index (χ3n) is 5.83. The summed E-state index contributed by atoms with van der Waals surface area (Å²) in [6.07, 6.45) is 3.49. The molecular weight excluding hydrogens is 492 g/mol. The number of anilines is 1. The highest BCUT2D eigenvalue weighted by Crippen LogP contribution is 2.33. The number of thiazole rings is 1. The maximum atomic E-state index is 13.2. The van der Waals surface area contributed by atoms with Gasteiger partial charge in [0.15, 0.2) is 26.8 Å². The molecule has 1 saturated heterocycles. The van der Waals surface area contributed by atoms with Gasteiger partial charge in [0.2, 0.25) is 0 Å². The SMILES string of the molecule is CCN(CCO)Cc1cnc(NC(=O)C(=NO[C@@H]2CCOC2)c2ccc(S(=O)(=O)C3CC3)cc2)s1. The average molecular weight is 523 g/mol. The molecule has 2 N–H and O–H groups in total. The van der Waals surface area contributed by atoms with Crippen molar-refractivity contribution in [2.45, 2.75) is 49.0 Å². The number of carbonyl (C=O) groups is 1. The Morgan fingerprint density at radius 3 is 2.71 bits per heavy atom. The van der Waals surface area contributed by atoms with E-state index >= 15 is 0 Å². The molecule has 1 aromatic heterocycles. The lowest BCUT2D eigenvalue weighted by Crippen LogP contribution is -2.25. The van der Waals surface area contributed by atoms with E-state index in [4.69, 9.17) is 9.57 Å². The lowest BCUT2D eigenvalue weighted by molar-refractivity contribution is -0.110. The minimum absolute atomic E-state index is 0.0273. The second-order valence-electron chi connectivity index (χ2n) is 8.48. The summed E-state index contributed by atoms with van der Waals surface area (Å²) < 4.78 is 30.3. The molecule has 2 aliphatic rings. The zero-order chi connectivity index (χ0) is 24.8. The fourth-order valence-corrected chi connectivity index (χ4v) is 6.13. The van der Waals surface area contributed by atoms with Crippen LogP contribution >= 0.6 is 11.3 Å². The van der Waals surface area contributed by atoms with E-state index in [1.165, 1.54) is 23.5 Å². The Morgan fingerprint density at radius 2 is 2.09 bits per heavy atom. The molecule has 1 aliphatic carbocycles. The van der Waals surface area contributed by atoms with Crippen LogP contribution in [0.5, 0.6) is 0 Å². The van der Waals surface area contributed by atoms with Gasteiger partial charge in [-0.3, -0.25) is 15.0 Å². The van der Waals surface area contributed by atoms with Gasteiger partial charge in [-0.15, -0.1) is 11.3 Å². The van der Waals surface area contributed by atoms with Crippen molar-refractivity contribution >= 4 is 37.9 Å². The van der Waals surface area contributed by atoms with E-state index in [0.717, 1.165) is 11.4 Å². The molecule has 0 spiro atoms. The van der Waals surface area contributed by atoms with Crippen molar-refractivity contribution in [3.05, 3.63) is 40.9 Å². The van der Waals surface area contributed by atoms with Gasteiger partial charge < -0.3 is 14.7 Å². The molecule has 4 rings (SSSR count). The molecule has 35 heavy (non-hydrogen) atoms. The molecule has 190 valence electrons. The van der Waals surface area contributed by atoms with Crippen LogP contribution in [-0.4, -0.2) is 79.3 Å². The molecule has 1 amide bonds. The predicted molar refractivity (Wildman–Crippen MR) is 132 cm³/mol. The van der Waals surface area contributed by atoms with Gasteiger partial charge in [0.25, 0.3) is 5.91 Å². The van der Waals surface area contributed by atoms with Gasteiger partial charge in [-0.05, 0) is 31.5 Å². The van der Waals surface area contributed by atoms with Crippen molar-refractivity contribution < 1.29 is 27.9 Å². The molecular formula is C23H30N4O6S2. The van der Waals surface area contributed by atoms with Crippen LogP contribution < -0.4 is 5.32 Å². The number of likely N-dealkylation sites (N-methyl/N-ethyl adjacent to an activating group) is 1. The number of sulfone groups is 1. The first-order valence-corrected chi connectivity index (χ1v) is 14.0. The van der Waals surface area contributed by atoms with Gasteiger partial charge in [0, 0.05) is 36.1 Å². The molecule has 2 aromatic rings. The number of aliphatic hydroxyl groups excluding tert-OH is 1. The van der Waals surface area contributed by atoms with Crippen molar-refractivity contribution in [2.75, 3.05) is 38.2 Å². The van der Waals surface area contributed by atoms with Crippen LogP contribution in [0, 0.1) is 0 Å². The van der Waals surface area contributed by atoms with Gasteiger partial charge >= 0.3 is 0 Å². The Morgan fingerprint density at radius 1 is 1.31 bits per heavy atom. The number of hydrogen-bond donors (Lipinski definition) is 2. The second kappa shape index (κ2) is 11.6. The molecule has 2 heterocycles. The summed E-state index contributed by atoms with van der Waals surface area (Å²) in [7, 11) is -3.33. The number of amides is 1. The zero-order valence-corrected chi connectivity index (χ0v) is 21.2. The molecule has 1 aliphatic heterocycles. The van der Waals surface area contributed by atoms with Gasteiger partial charge in [-0.1, -0.05) is 24.2 Å². The highest BCUT2D eigenvalue weighted by Gasteiger charge is 2.36. The highest BCUT2D eigenvalue weighted by atomic mass is 32.2. The highest BCUT2D eigenvalue weighted by molar-refractivity contribution is 7.92. The van der Waals surface area contributed by atoms with E-state index in [0.29, 0.717) is 56.3 Å². The molecule has 1 saturated carbocycles. The van der Waals surface area contributed by atoms with Gasteiger partial charge in [0.05, 0.1) is 30.0 Å². The third-order valence-corrected chi connectivity index (χ3v) is 9.01. The van der Waals surface area contributed by atoms with E-state index < -0.39 is 15.7 Å². The monoisotopic (exact) mass is 522 g/mol. The molecule has 12 heteroatoms. The predicted octanol–water partition coefficient (Wildman–Crippen LogP) is 2.04. The smallest absolute Gasteiger partial charge is 0.280 e. The molecule has 0 unspecified atom stereocenters. The van der Waals surface area contributed by atoms with Gasteiger partial charge in [0.1, 0.15) is 0 Å². The molecule has 10 nitrogen and oxygen atoms in total. The number of nitrogens with one attached hydrogen (secondary N) is 1. The molecule has 0 radical (unpaired) electrons. The number of aromatic nitrogens is 1. The lowest BCUT2D eigenvalue weighted by atomic mass is 10.1. The summed E-state index contributed by atoms with van der Waals surface area (Å²) in [6, 6.07) is 6.16. The van der Waals surface area contributed by atoms with Crippen molar-refractivity contribution in [1.29, 1.82) is 0 Å². The van der Waals surface area contributed by atoms with E-state index in [-0.39, 0.29) is 28.6 Å². The van der Waals surface area contributed by atoms with E-state index in [1.807, 2.05) is 6.92 Å². The topological polar surface area (TPSA) is 130 Å². The number of nitrogens with zero attached hydrogens (tertiary/aromatic N) is 3. The van der Waals surface area contributed by atoms with Crippen LogP contribution in [0.1, 0.15) is 36.6 Å². The maximum absolute atomic E-state index is 13.2. The minimum Gasteiger partial charge on any atom is -0.395 e. The third kappa shape index (κ3) is 6.64. The van der Waals surface area contributed by atoms with Crippen LogP contribution in [0.25, 0.3) is 0 Å². The summed E-state index contributed by atoms with van der Waals surface area (Å²) in [5.41, 5.74) is 0.465. The number of benzene rings is 1. The molecule has 0 bridgehead atoms. The second-order valence-corrected chi connectivity index (χ2v) is 11.8. The number of aliphatic hydroxyl groups is 1. The first kappa shape index (κ1) is 25.7. The Labute approximate surface area is 208 Å². The zero-order valence-electron chi connectivity index (χ0n) is 19.6. The summed E-state index contributed by atoms with van der Waals surface area (Å²) in [4.78, 5) is 26.3. The largest absolute Gasteiger partial charge is 0.395 e. The van der Waals surface area contributed by atoms with Crippen LogP contribution in [0.3, 0.4) is 0 Å². The Balaban J connectivity index is 1.50. The summed E-state index contributed by atoms with van der Waals surface area (Å²) in [5.74, 6) is -0.509. The van der Waals surface area contributed by atoms with Crippen LogP contribution in [0.15, 0.2) is 40.5 Å². The minimum atomic E-state index is -3.33. The van der Waals surface area contributed by atoms with Crippen molar-refractivity contribution in [2.24, 2.45) is 5.16 Å². The first-order valence-electron chi connectivity index (χ1n) is 11.7. The van der Waals surface area contributed by atoms with Crippen molar-refractivity contribution in [3.8, 4) is 0 Å². The van der Waals surface area contributed by atoms with Crippen molar-refractivity contribution in [3.63, 3.8) is 0 Å². The van der Waals surface area contributed by atoms with Crippen LogP contribution in [0.4, 0.5) is 5.13 Å². The van der Waals surface area contributed by atoms with Gasteiger partial charge in [-0.2, -0.15) is 0 Å². The molecule has 1 aromatic carbocycles. The Bertz CT molecular complexity index is 1140. The normalized spacial score (nSPS) is 18.7. The standard InChI is InChI=1S/C23H30N4O6S2/c1-2-27(10-11-28)14-18-13-24-23(34-18)25-22(29)21(26-33-17-9-12-32-15-17)16-3-5-19(6-4-16)35(30,31)20-7-8-20/h3-6,13,17,20,28H,2,7-12,14-15H2,1H3,(H,24,25,29)/t17-/m1/s1. The Hall–Kier alpha value is -2.38. The number of carbonyl (C=O) groups excluding carboxylic acids is 1. The van der Waals surface area contributed by atoms with E-state index in [2.05, 4.69) is 20.4 Å². The maximum Gasteiger partial charge on any atom is 0.280 e. The summed E-state index contributed by atoms with van der Waals surface area (Å²) in [5, 5.41) is 16.2. The average Bonchev–Trinajstić information content (AvgIpc) is 3.43. The fraction of sp³-hybridized carbons (Fsp3) is 0.522. The molecule has 2 fully saturated rings. The quantitative estimate of drug-likeness (QED) is 0.320. The van der Waals surface area contributed by atoms with Crippen LogP contribution in [-0.2, 0) is 30.8 Å². The van der Waals surface area contributed by atoms with Gasteiger partial charge in [-0.25, -0.2) is 13.4 Å². The number of oxime groups is 1. The number of ether oxygens (including phenoxy) is 1. The number of hydrogen-bond acceptors (Lipinski definition) is 10. The molecule has 1 atom stereocenters. The summed E-state index contributed by atoms with van der Waals surface area (Å²) >= 11 is 1.34. The number of rotatable bonds is 12. The Kier molecular flexibility index (Phi) is 8.50. The van der Waals surface area contributed by atoms with Crippen molar-refractivity contribution in [1.82, 2.24) is 9.88 Å². The first-order chi connectivity index (χ1) is 16.9. The van der Waals surface area contributed by atoms with E-state index in [1.54, 1.807) is 18.3 Å². The fourth-order valence-electron chi connectivity index (χ4n) is 3.63. The van der Waals surface area contributed by atoms with Crippen LogP contribution in [0.2, 0.25) is 0 Å². The summed E-state index contributed by atoms with van der Waals surface area (Å²) in [6.45, 7) is 5.01.